The van der Waals surface area contributed by atoms with Crippen LogP contribution >= 0.6 is 0 Å². The maximum Gasteiger partial charge on any atom is 0.175 e. The number of phenols is 3. The molecular formula is C29H44O6. The van der Waals surface area contributed by atoms with Gasteiger partial charge in [-0.3, -0.25) is 9.59 Å². The van der Waals surface area contributed by atoms with E-state index in [4.69, 9.17) is 0 Å². The van der Waals surface area contributed by atoms with Crippen LogP contribution in [0.2, 0.25) is 0 Å². The van der Waals surface area contributed by atoms with Gasteiger partial charge in [-0.1, -0.05) is 41.5 Å². The zero-order valence-corrected chi connectivity index (χ0v) is 23.0. The summed E-state index contributed by atoms with van der Waals surface area (Å²) >= 11 is 0. The van der Waals surface area contributed by atoms with Crippen LogP contribution in [0.3, 0.4) is 0 Å². The Labute approximate surface area is 210 Å². The summed E-state index contributed by atoms with van der Waals surface area (Å²) in [6, 6.07) is 0. The Morgan fingerprint density at radius 2 is 1.09 bits per heavy atom. The molecule has 1 aromatic rings. The van der Waals surface area contributed by atoms with Crippen molar-refractivity contribution in [2.75, 3.05) is 0 Å². The number of benzene rings is 1. The molecule has 0 bridgehead atoms. The maximum atomic E-state index is 13.7. The molecule has 0 radical (unpaired) electrons. The Morgan fingerprint density at radius 3 is 1.46 bits per heavy atom. The third-order valence-electron chi connectivity index (χ3n) is 7.08. The van der Waals surface area contributed by atoms with E-state index in [1.54, 1.807) is 27.7 Å². The molecule has 6 nitrogen and oxygen atoms in total. The first kappa shape index (κ1) is 28.7. The molecule has 0 spiro atoms. The minimum Gasteiger partial charge on any atom is -0.511 e. The second-order valence-corrected chi connectivity index (χ2v) is 12.5. The topological polar surface area (TPSA) is 115 Å². The second-order valence-electron chi connectivity index (χ2n) is 12.5. The fourth-order valence-electron chi connectivity index (χ4n) is 5.32. The van der Waals surface area contributed by atoms with E-state index >= 15 is 0 Å². The number of hydrogen-bond donors (Lipinski definition) is 4. The number of rotatable bonds is 8. The number of hydrogen-bond acceptors (Lipinski definition) is 6. The highest BCUT2D eigenvalue weighted by Crippen LogP contribution is 2.54. The van der Waals surface area contributed by atoms with Crippen molar-refractivity contribution in [2.24, 2.45) is 28.6 Å². The number of Topliss-reactive ketones (excluding diaryl/α,β-unsaturated/α-hetero) is 2. The Kier molecular flexibility index (Phi) is 8.10. The molecular weight excluding hydrogens is 444 g/mol. The Morgan fingerprint density at radius 1 is 0.657 bits per heavy atom. The van der Waals surface area contributed by atoms with E-state index in [0.29, 0.717) is 30.4 Å². The van der Waals surface area contributed by atoms with Crippen LogP contribution in [0.5, 0.6) is 17.2 Å². The molecule has 1 aliphatic carbocycles. The number of ketones is 2. The monoisotopic (exact) mass is 488 g/mol. The zero-order chi connectivity index (χ0) is 27.2. The average Bonchev–Trinajstić information content (AvgIpc) is 2.72. The van der Waals surface area contributed by atoms with E-state index < -0.39 is 22.5 Å². The smallest absolute Gasteiger partial charge is 0.175 e. The minimum absolute atomic E-state index is 0.0339. The van der Waals surface area contributed by atoms with E-state index in [1.165, 1.54) is 0 Å². The molecule has 0 aromatic heterocycles. The molecule has 2 rings (SSSR count). The SMILES string of the molecule is CC(C)Cc1c(O)c(CC(C)C)c(O)c(C(CC(C)C)C2=C(O)C(C)(C)C(=O)C(C)(C)C2=O)c1O. The molecule has 1 unspecified atom stereocenters. The molecule has 1 atom stereocenters. The highest BCUT2D eigenvalue weighted by atomic mass is 16.3. The van der Waals surface area contributed by atoms with Crippen molar-refractivity contribution in [3.8, 4) is 17.2 Å². The highest BCUT2D eigenvalue weighted by Gasteiger charge is 2.55. The molecule has 196 valence electrons. The molecule has 0 heterocycles. The number of phenolic OH excluding ortho intramolecular Hbond substituents is 3. The Balaban J connectivity index is 3.02. The lowest BCUT2D eigenvalue weighted by atomic mass is 9.60. The van der Waals surface area contributed by atoms with Crippen LogP contribution < -0.4 is 0 Å². The van der Waals surface area contributed by atoms with Gasteiger partial charge in [0.1, 0.15) is 23.0 Å². The molecule has 0 aliphatic heterocycles. The van der Waals surface area contributed by atoms with Crippen LogP contribution in [0.1, 0.15) is 98.3 Å². The van der Waals surface area contributed by atoms with Crippen molar-refractivity contribution in [3.63, 3.8) is 0 Å². The van der Waals surface area contributed by atoms with E-state index in [1.807, 2.05) is 41.5 Å². The van der Waals surface area contributed by atoms with Crippen LogP contribution in [-0.2, 0) is 22.4 Å². The number of carbonyl (C=O) groups excluding carboxylic acids is 2. The molecule has 0 fully saturated rings. The fourth-order valence-corrected chi connectivity index (χ4v) is 5.32. The van der Waals surface area contributed by atoms with Crippen molar-refractivity contribution in [1.82, 2.24) is 0 Å². The van der Waals surface area contributed by atoms with Gasteiger partial charge in [0.25, 0.3) is 0 Å². The third-order valence-corrected chi connectivity index (χ3v) is 7.08. The lowest BCUT2D eigenvalue weighted by Gasteiger charge is -2.41. The zero-order valence-electron chi connectivity index (χ0n) is 23.0. The summed E-state index contributed by atoms with van der Waals surface area (Å²) in [6.45, 7) is 18.1. The number of aromatic hydroxyl groups is 3. The van der Waals surface area contributed by atoms with Gasteiger partial charge in [0.2, 0.25) is 0 Å². The predicted molar refractivity (Wildman–Crippen MR) is 138 cm³/mol. The fraction of sp³-hybridized carbons (Fsp3) is 0.655. The molecule has 1 aromatic carbocycles. The van der Waals surface area contributed by atoms with Crippen molar-refractivity contribution >= 4 is 11.6 Å². The number of allylic oxidation sites excluding steroid dienone is 2. The van der Waals surface area contributed by atoms with Gasteiger partial charge in [-0.15, -0.1) is 0 Å². The van der Waals surface area contributed by atoms with Crippen LogP contribution in [0.25, 0.3) is 0 Å². The van der Waals surface area contributed by atoms with Gasteiger partial charge < -0.3 is 20.4 Å². The standard InChI is InChI=1S/C29H44O6/c1-14(2)11-17(21-25(33)28(7,8)27(35)29(9,10)26(21)34)20-23(31)18(12-15(3)4)22(30)19(24(20)32)13-16(5)6/h14-17,30-33H,11-13H2,1-10H3. The number of carbonyl (C=O) groups is 2. The lowest BCUT2D eigenvalue weighted by molar-refractivity contribution is -0.144. The molecule has 0 amide bonds. The van der Waals surface area contributed by atoms with Crippen molar-refractivity contribution in [3.05, 3.63) is 28.0 Å². The van der Waals surface area contributed by atoms with Crippen LogP contribution in [-0.4, -0.2) is 32.0 Å². The molecule has 35 heavy (non-hydrogen) atoms. The van der Waals surface area contributed by atoms with Crippen molar-refractivity contribution in [1.29, 1.82) is 0 Å². The summed E-state index contributed by atoms with van der Waals surface area (Å²) in [5.41, 5.74) is -1.82. The Hall–Kier alpha value is -2.50. The van der Waals surface area contributed by atoms with Crippen molar-refractivity contribution in [2.45, 2.75) is 94.4 Å². The van der Waals surface area contributed by atoms with Gasteiger partial charge in [-0.05, 0) is 64.7 Å². The summed E-state index contributed by atoms with van der Waals surface area (Å²) in [7, 11) is 0. The predicted octanol–water partition coefficient (Wildman–Crippen LogP) is 6.35. The first-order chi connectivity index (χ1) is 15.9. The van der Waals surface area contributed by atoms with Gasteiger partial charge in [0.15, 0.2) is 11.6 Å². The normalized spacial score (nSPS) is 18.8. The summed E-state index contributed by atoms with van der Waals surface area (Å²) in [6.07, 6.45) is 1.09. The molecule has 4 N–H and O–H groups in total. The van der Waals surface area contributed by atoms with Crippen LogP contribution in [0.15, 0.2) is 11.3 Å². The van der Waals surface area contributed by atoms with Gasteiger partial charge >= 0.3 is 0 Å². The second kappa shape index (κ2) is 9.87. The lowest BCUT2D eigenvalue weighted by Crippen LogP contribution is -2.49. The molecule has 1 aliphatic rings. The van der Waals surface area contributed by atoms with Gasteiger partial charge in [0, 0.05) is 28.2 Å². The van der Waals surface area contributed by atoms with E-state index in [2.05, 4.69) is 0 Å². The summed E-state index contributed by atoms with van der Waals surface area (Å²) in [5.74, 6) is -2.44. The van der Waals surface area contributed by atoms with Crippen LogP contribution in [0.4, 0.5) is 0 Å². The van der Waals surface area contributed by atoms with E-state index in [0.717, 1.165) is 0 Å². The van der Waals surface area contributed by atoms with Gasteiger partial charge in [-0.2, -0.15) is 0 Å². The van der Waals surface area contributed by atoms with Crippen molar-refractivity contribution < 1.29 is 30.0 Å². The van der Waals surface area contributed by atoms with E-state index in [9.17, 15) is 30.0 Å². The summed E-state index contributed by atoms with van der Waals surface area (Å²) in [5, 5.41) is 45.3. The molecule has 6 heteroatoms. The number of aliphatic hydroxyl groups excluding tert-OH is 1. The highest BCUT2D eigenvalue weighted by molar-refractivity contribution is 6.19. The summed E-state index contributed by atoms with van der Waals surface area (Å²) < 4.78 is 0. The van der Waals surface area contributed by atoms with Gasteiger partial charge in [-0.25, -0.2) is 0 Å². The largest absolute Gasteiger partial charge is 0.511 e. The first-order valence-electron chi connectivity index (χ1n) is 12.7. The first-order valence-corrected chi connectivity index (χ1v) is 12.7. The summed E-state index contributed by atoms with van der Waals surface area (Å²) in [4.78, 5) is 26.8. The third kappa shape index (κ3) is 5.07. The molecule has 0 saturated heterocycles. The van der Waals surface area contributed by atoms with E-state index in [-0.39, 0.29) is 57.7 Å². The maximum absolute atomic E-state index is 13.7. The number of aliphatic hydroxyl groups is 1. The quantitative estimate of drug-likeness (QED) is 0.317. The molecule has 0 saturated carbocycles. The minimum atomic E-state index is -1.37. The average molecular weight is 489 g/mol. The van der Waals surface area contributed by atoms with Gasteiger partial charge in [0.05, 0.1) is 10.8 Å². The Bertz CT molecular complexity index is 1000. The van der Waals surface area contributed by atoms with Crippen LogP contribution in [0, 0.1) is 28.6 Å².